The number of fused-ring (bicyclic) bond motifs is 1. The second-order valence-electron chi connectivity index (χ2n) is 4.74. The average molecular weight is 347 g/mol. The van der Waals surface area contributed by atoms with Gasteiger partial charge in [-0.1, -0.05) is 17.7 Å². The molecule has 0 saturated carbocycles. The minimum atomic E-state index is -3.97. The van der Waals surface area contributed by atoms with Gasteiger partial charge in [-0.05, 0) is 36.4 Å². The maximum atomic E-state index is 13.4. The Morgan fingerprint density at radius 1 is 1.17 bits per heavy atom. The molecule has 0 N–H and O–H groups in total. The number of aromatic nitrogens is 1. The number of rotatable bonds is 2. The van der Waals surface area contributed by atoms with Gasteiger partial charge in [0.15, 0.2) is 0 Å². The van der Waals surface area contributed by atoms with Crippen molar-refractivity contribution < 1.29 is 12.8 Å². The molecule has 1 aromatic heterocycles. The number of pyridine rings is 1. The molecule has 3 aromatic rings. The molecule has 0 unspecified atom stereocenters. The molecule has 0 aliphatic carbocycles. The van der Waals surface area contributed by atoms with E-state index in [-0.39, 0.29) is 25.8 Å². The van der Waals surface area contributed by atoms with Gasteiger partial charge in [-0.25, -0.2) is 12.8 Å². The normalized spacial score (nSPS) is 11.3. The molecule has 3 rings (SSSR count). The molecule has 23 heavy (non-hydrogen) atoms. The lowest BCUT2D eigenvalue weighted by atomic mass is 10.2. The second-order valence-corrected chi connectivity index (χ2v) is 7.04. The number of nitriles is 1. The Bertz CT molecular complexity index is 1080. The van der Waals surface area contributed by atoms with Crippen LogP contribution in [0.1, 0.15) is 5.56 Å². The molecule has 0 spiro atoms. The van der Waals surface area contributed by atoms with Gasteiger partial charge in [0.25, 0.3) is 0 Å². The van der Waals surface area contributed by atoms with Crippen LogP contribution in [0.25, 0.3) is 10.9 Å². The van der Waals surface area contributed by atoms with Gasteiger partial charge in [0.2, 0.25) is 9.84 Å². The molecule has 1 heterocycles. The first-order valence-corrected chi connectivity index (χ1v) is 8.28. The van der Waals surface area contributed by atoms with Crippen molar-refractivity contribution in [3.8, 4) is 6.07 Å². The molecule has 7 heteroatoms. The van der Waals surface area contributed by atoms with Crippen LogP contribution in [0.2, 0.25) is 5.02 Å². The second kappa shape index (κ2) is 5.61. The zero-order valence-electron chi connectivity index (χ0n) is 11.5. The SMILES string of the molecule is N#Cc1cccc(S(=O)(=O)c2cnc3ccc(F)cc3c2Cl)c1. The molecule has 0 amide bonds. The smallest absolute Gasteiger partial charge is 0.209 e. The van der Waals surface area contributed by atoms with Crippen LogP contribution < -0.4 is 0 Å². The van der Waals surface area contributed by atoms with Gasteiger partial charge in [0.1, 0.15) is 10.7 Å². The van der Waals surface area contributed by atoms with Crippen LogP contribution in [-0.2, 0) is 9.84 Å². The van der Waals surface area contributed by atoms with E-state index in [9.17, 15) is 12.8 Å². The lowest BCUT2D eigenvalue weighted by molar-refractivity contribution is 0.595. The van der Waals surface area contributed by atoms with Crippen LogP contribution in [0.15, 0.2) is 58.5 Å². The van der Waals surface area contributed by atoms with Crippen LogP contribution in [0.3, 0.4) is 0 Å². The molecule has 0 bridgehead atoms. The van der Waals surface area contributed by atoms with E-state index in [1.165, 1.54) is 36.4 Å². The van der Waals surface area contributed by atoms with Crippen molar-refractivity contribution in [1.29, 1.82) is 5.26 Å². The summed E-state index contributed by atoms with van der Waals surface area (Å²) in [4.78, 5) is 3.72. The van der Waals surface area contributed by atoms with E-state index in [0.29, 0.717) is 5.52 Å². The Morgan fingerprint density at radius 2 is 1.96 bits per heavy atom. The minimum Gasteiger partial charge on any atom is -0.255 e. The minimum absolute atomic E-state index is 0.0731. The number of halogens is 2. The third kappa shape index (κ3) is 2.65. The van der Waals surface area contributed by atoms with Gasteiger partial charge < -0.3 is 0 Å². The molecular weight excluding hydrogens is 339 g/mol. The fourth-order valence-electron chi connectivity index (χ4n) is 2.16. The van der Waals surface area contributed by atoms with Crippen molar-refractivity contribution in [2.75, 3.05) is 0 Å². The predicted octanol–water partition coefficient (Wildman–Crippen LogP) is 3.73. The number of sulfone groups is 1. The zero-order chi connectivity index (χ0) is 16.6. The summed E-state index contributed by atoms with van der Waals surface area (Å²) in [5, 5.41) is 9.01. The Balaban J connectivity index is 2.26. The Morgan fingerprint density at radius 3 is 2.70 bits per heavy atom. The van der Waals surface area contributed by atoms with Crippen molar-refractivity contribution in [2.45, 2.75) is 9.79 Å². The van der Waals surface area contributed by atoms with Crippen LogP contribution in [0, 0.1) is 17.1 Å². The van der Waals surface area contributed by atoms with E-state index >= 15 is 0 Å². The van der Waals surface area contributed by atoms with Crippen molar-refractivity contribution >= 4 is 32.3 Å². The van der Waals surface area contributed by atoms with E-state index < -0.39 is 15.7 Å². The molecule has 0 fully saturated rings. The number of nitrogens with zero attached hydrogens (tertiary/aromatic N) is 2. The lowest BCUT2D eigenvalue weighted by Gasteiger charge is -2.09. The first kappa shape index (κ1) is 15.4. The highest BCUT2D eigenvalue weighted by atomic mass is 35.5. The van der Waals surface area contributed by atoms with Crippen LogP contribution in [0.4, 0.5) is 4.39 Å². The van der Waals surface area contributed by atoms with Gasteiger partial charge in [-0.2, -0.15) is 5.26 Å². The van der Waals surface area contributed by atoms with Crippen molar-refractivity contribution in [3.63, 3.8) is 0 Å². The Kier molecular flexibility index (Phi) is 3.76. The number of hydrogen-bond donors (Lipinski definition) is 0. The summed E-state index contributed by atoms with van der Waals surface area (Å²) in [6.45, 7) is 0. The highest BCUT2D eigenvalue weighted by molar-refractivity contribution is 7.91. The monoisotopic (exact) mass is 346 g/mol. The van der Waals surface area contributed by atoms with E-state index in [0.717, 1.165) is 12.3 Å². The molecule has 2 aromatic carbocycles. The molecule has 0 radical (unpaired) electrons. The summed E-state index contributed by atoms with van der Waals surface area (Å²) in [6, 6.07) is 11.2. The molecule has 4 nitrogen and oxygen atoms in total. The maximum absolute atomic E-state index is 13.4. The third-order valence-electron chi connectivity index (χ3n) is 3.30. The van der Waals surface area contributed by atoms with Crippen LogP contribution in [0.5, 0.6) is 0 Å². The predicted molar refractivity (Wildman–Crippen MR) is 83.3 cm³/mol. The van der Waals surface area contributed by atoms with Crippen molar-refractivity contribution in [1.82, 2.24) is 4.98 Å². The third-order valence-corrected chi connectivity index (χ3v) is 5.58. The highest BCUT2D eigenvalue weighted by Crippen LogP contribution is 2.32. The van der Waals surface area contributed by atoms with Gasteiger partial charge in [-0.15, -0.1) is 0 Å². The summed E-state index contributed by atoms with van der Waals surface area (Å²) in [7, 11) is -3.97. The molecule has 0 saturated heterocycles. The quantitative estimate of drug-likeness (QED) is 0.708. The fourth-order valence-corrected chi connectivity index (χ4v) is 4.00. The van der Waals surface area contributed by atoms with Gasteiger partial charge in [0, 0.05) is 11.6 Å². The van der Waals surface area contributed by atoms with E-state index in [2.05, 4.69) is 4.98 Å². The lowest BCUT2D eigenvalue weighted by Crippen LogP contribution is -2.04. The molecule has 114 valence electrons. The number of hydrogen-bond acceptors (Lipinski definition) is 4. The largest absolute Gasteiger partial charge is 0.255 e. The summed E-state index contributed by atoms with van der Waals surface area (Å²) in [6.07, 6.45) is 1.14. The Hall–Kier alpha value is -2.49. The first-order valence-electron chi connectivity index (χ1n) is 6.42. The zero-order valence-corrected chi connectivity index (χ0v) is 13.1. The highest BCUT2D eigenvalue weighted by Gasteiger charge is 2.23. The molecule has 0 aliphatic heterocycles. The van der Waals surface area contributed by atoms with E-state index in [1.807, 2.05) is 6.07 Å². The van der Waals surface area contributed by atoms with Gasteiger partial charge in [-0.3, -0.25) is 4.98 Å². The van der Waals surface area contributed by atoms with Gasteiger partial charge >= 0.3 is 0 Å². The van der Waals surface area contributed by atoms with E-state index in [1.54, 1.807) is 0 Å². The van der Waals surface area contributed by atoms with Crippen molar-refractivity contribution in [3.05, 3.63) is 65.1 Å². The maximum Gasteiger partial charge on any atom is 0.209 e. The summed E-state index contributed by atoms with van der Waals surface area (Å²) in [5.74, 6) is -0.540. The molecular formula is C16H8ClFN2O2S. The molecule has 0 aliphatic rings. The van der Waals surface area contributed by atoms with E-state index in [4.69, 9.17) is 16.9 Å². The fraction of sp³-hybridized carbons (Fsp3) is 0. The first-order chi connectivity index (χ1) is 10.9. The molecule has 0 atom stereocenters. The summed E-state index contributed by atoms with van der Waals surface area (Å²) >= 11 is 6.17. The summed E-state index contributed by atoms with van der Waals surface area (Å²) < 4.78 is 38.8. The van der Waals surface area contributed by atoms with Crippen LogP contribution >= 0.6 is 11.6 Å². The standard InChI is InChI=1S/C16H8ClFN2O2S/c17-16-13-7-11(18)4-5-14(13)20-9-15(16)23(21,22)12-3-1-2-10(6-12)8-19/h1-7,9H. The topological polar surface area (TPSA) is 70.8 Å². The Labute approximate surface area is 136 Å². The summed E-state index contributed by atoms with van der Waals surface area (Å²) in [5.41, 5.74) is 0.600. The number of benzene rings is 2. The van der Waals surface area contributed by atoms with Crippen molar-refractivity contribution in [2.24, 2.45) is 0 Å². The van der Waals surface area contributed by atoms with Crippen LogP contribution in [-0.4, -0.2) is 13.4 Å². The van der Waals surface area contributed by atoms with Gasteiger partial charge in [0.05, 0.1) is 27.1 Å². The average Bonchev–Trinajstić information content (AvgIpc) is 2.55.